The zero-order valence-corrected chi connectivity index (χ0v) is 13.1. The molecule has 2 heterocycles. The van der Waals surface area contributed by atoms with E-state index in [1.165, 1.54) is 18.4 Å². The highest BCUT2D eigenvalue weighted by Gasteiger charge is 2.40. The van der Waals surface area contributed by atoms with E-state index in [1.54, 1.807) is 0 Å². The fourth-order valence-electron chi connectivity index (χ4n) is 3.17. The van der Waals surface area contributed by atoms with Crippen LogP contribution in [0.25, 0.3) is 0 Å². The summed E-state index contributed by atoms with van der Waals surface area (Å²) >= 11 is 0. The van der Waals surface area contributed by atoms with Crippen LogP contribution in [-0.2, 0) is 18.4 Å². The van der Waals surface area contributed by atoms with E-state index in [4.69, 9.17) is 5.73 Å². The SMILES string of the molecule is Cc1nn(C)c(N2CCC(C)(C(N)=O)C2)c1CNC1CC1. The fourth-order valence-corrected chi connectivity index (χ4v) is 3.17. The molecule has 3 N–H and O–H groups in total. The number of amides is 1. The molecule has 0 aromatic carbocycles. The molecule has 2 fully saturated rings. The second-order valence-electron chi connectivity index (χ2n) is 6.76. The Morgan fingerprint density at radius 3 is 2.81 bits per heavy atom. The lowest BCUT2D eigenvalue weighted by atomic mass is 9.89. The number of nitrogens with one attached hydrogen (secondary N) is 1. The highest BCUT2D eigenvalue weighted by atomic mass is 16.1. The van der Waals surface area contributed by atoms with E-state index >= 15 is 0 Å². The lowest BCUT2D eigenvalue weighted by Gasteiger charge is -2.23. The van der Waals surface area contributed by atoms with Gasteiger partial charge in [-0.15, -0.1) is 0 Å². The van der Waals surface area contributed by atoms with E-state index in [-0.39, 0.29) is 5.91 Å². The average molecular weight is 291 g/mol. The maximum atomic E-state index is 11.7. The van der Waals surface area contributed by atoms with Gasteiger partial charge in [0.15, 0.2) is 0 Å². The third-order valence-corrected chi connectivity index (χ3v) is 4.83. The molecule has 0 bridgehead atoms. The van der Waals surface area contributed by atoms with Crippen molar-refractivity contribution in [1.82, 2.24) is 15.1 Å². The van der Waals surface area contributed by atoms with Crippen LogP contribution in [0.2, 0.25) is 0 Å². The molecule has 1 aromatic heterocycles. The fraction of sp³-hybridized carbons (Fsp3) is 0.733. The second kappa shape index (κ2) is 5.02. The van der Waals surface area contributed by atoms with Gasteiger partial charge in [0.1, 0.15) is 5.82 Å². The Morgan fingerprint density at radius 2 is 2.24 bits per heavy atom. The van der Waals surface area contributed by atoms with Crippen molar-refractivity contribution < 1.29 is 4.79 Å². The van der Waals surface area contributed by atoms with Crippen LogP contribution in [0.1, 0.15) is 37.4 Å². The summed E-state index contributed by atoms with van der Waals surface area (Å²) in [6.07, 6.45) is 3.36. The smallest absolute Gasteiger partial charge is 0.225 e. The van der Waals surface area contributed by atoms with Crippen LogP contribution in [0.15, 0.2) is 0 Å². The van der Waals surface area contributed by atoms with E-state index in [9.17, 15) is 4.79 Å². The molecule has 6 nitrogen and oxygen atoms in total. The minimum atomic E-state index is -0.431. The summed E-state index contributed by atoms with van der Waals surface area (Å²) in [4.78, 5) is 13.9. The number of anilines is 1. The molecule has 1 amide bonds. The molecule has 1 aromatic rings. The van der Waals surface area contributed by atoms with Crippen LogP contribution in [0.3, 0.4) is 0 Å². The molecule has 21 heavy (non-hydrogen) atoms. The Kier molecular flexibility index (Phi) is 3.43. The summed E-state index contributed by atoms with van der Waals surface area (Å²) in [7, 11) is 1.98. The summed E-state index contributed by atoms with van der Waals surface area (Å²) in [6.45, 7) is 6.40. The Labute approximate surface area is 125 Å². The van der Waals surface area contributed by atoms with Crippen LogP contribution in [0.4, 0.5) is 5.82 Å². The van der Waals surface area contributed by atoms with Crippen molar-refractivity contribution in [3.05, 3.63) is 11.3 Å². The molecule has 1 aliphatic heterocycles. The van der Waals surface area contributed by atoms with Crippen molar-refractivity contribution >= 4 is 11.7 Å². The summed E-state index contributed by atoms with van der Waals surface area (Å²) in [5.74, 6) is 0.923. The van der Waals surface area contributed by atoms with Crippen LogP contribution >= 0.6 is 0 Å². The van der Waals surface area contributed by atoms with Gasteiger partial charge in [-0.05, 0) is 33.1 Å². The quantitative estimate of drug-likeness (QED) is 0.836. The van der Waals surface area contributed by atoms with Gasteiger partial charge >= 0.3 is 0 Å². The molecule has 116 valence electrons. The molecule has 6 heteroatoms. The minimum Gasteiger partial charge on any atom is -0.369 e. The number of hydrogen-bond acceptors (Lipinski definition) is 4. The summed E-state index contributed by atoms with van der Waals surface area (Å²) in [5.41, 5.74) is 7.44. The number of carbonyl (C=O) groups is 1. The first-order valence-electron chi connectivity index (χ1n) is 7.71. The van der Waals surface area contributed by atoms with Crippen LogP contribution in [0, 0.1) is 12.3 Å². The summed E-state index contributed by atoms with van der Waals surface area (Å²) in [6, 6.07) is 0.673. The average Bonchev–Trinajstić information content (AvgIpc) is 3.09. The third kappa shape index (κ3) is 2.64. The predicted molar refractivity (Wildman–Crippen MR) is 81.9 cm³/mol. The Balaban J connectivity index is 1.82. The number of aryl methyl sites for hydroxylation is 2. The van der Waals surface area contributed by atoms with Gasteiger partial charge in [-0.2, -0.15) is 5.10 Å². The topological polar surface area (TPSA) is 76.2 Å². The first-order chi connectivity index (χ1) is 9.90. The van der Waals surface area contributed by atoms with Crippen LogP contribution < -0.4 is 16.0 Å². The van der Waals surface area contributed by atoms with E-state index < -0.39 is 5.41 Å². The van der Waals surface area contributed by atoms with Gasteiger partial charge < -0.3 is 16.0 Å². The third-order valence-electron chi connectivity index (χ3n) is 4.83. The normalized spacial score (nSPS) is 25.6. The second-order valence-corrected chi connectivity index (χ2v) is 6.76. The van der Waals surface area contributed by atoms with E-state index in [0.717, 1.165) is 31.0 Å². The Morgan fingerprint density at radius 1 is 1.52 bits per heavy atom. The van der Waals surface area contributed by atoms with E-state index in [0.29, 0.717) is 12.6 Å². The van der Waals surface area contributed by atoms with Crippen molar-refractivity contribution in [2.75, 3.05) is 18.0 Å². The van der Waals surface area contributed by atoms with Gasteiger partial charge in [0.2, 0.25) is 5.91 Å². The Bertz CT molecular complexity index is 563. The number of aromatic nitrogens is 2. The van der Waals surface area contributed by atoms with Crippen molar-refractivity contribution in [3.63, 3.8) is 0 Å². The van der Waals surface area contributed by atoms with E-state index in [1.807, 2.05) is 18.7 Å². The highest BCUT2D eigenvalue weighted by Crippen LogP contribution is 2.35. The molecule has 1 aliphatic carbocycles. The van der Waals surface area contributed by atoms with Crippen LogP contribution in [0.5, 0.6) is 0 Å². The standard InChI is InChI=1S/C15H25N5O/c1-10-12(8-17-11-4-5-11)13(19(3)18-10)20-7-6-15(2,9-20)14(16)21/h11,17H,4-9H2,1-3H3,(H2,16,21). The predicted octanol–water partition coefficient (Wildman–Crippen LogP) is 0.682. The largest absolute Gasteiger partial charge is 0.369 e. The van der Waals surface area contributed by atoms with Crippen LogP contribution in [-0.4, -0.2) is 34.8 Å². The minimum absolute atomic E-state index is 0.207. The molecular weight excluding hydrogens is 266 g/mol. The monoisotopic (exact) mass is 291 g/mol. The number of carbonyl (C=O) groups excluding carboxylic acids is 1. The van der Waals surface area contributed by atoms with Gasteiger partial charge in [0.05, 0.1) is 11.1 Å². The van der Waals surface area contributed by atoms with Crippen molar-refractivity contribution in [2.45, 2.75) is 45.7 Å². The first kappa shape index (κ1) is 14.4. The van der Waals surface area contributed by atoms with Crippen molar-refractivity contribution in [2.24, 2.45) is 18.2 Å². The molecule has 1 atom stereocenters. The molecule has 3 rings (SSSR count). The zero-order chi connectivity index (χ0) is 15.2. The molecule has 1 unspecified atom stereocenters. The number of nitrogens with zero attached hydrogens (tertiary/aromatic N) is 3. The maximum Gasteiger partial charge on any atom is 0.225 e. The number of primary amides is 1. The van der Waals surface area contributed by atoms with Gasteiger partial charge in [0, 0.05) is 38.3 Å². The number of rotatable bonds is 5. The highest BCUT2D eigenvalue weighted by molar-refractivity contribution is 5.82. The summed E-state index contributed by atoms with van der Waals surface area (Å²) < 4.78 is 1.94. The maximum absolute atomic E-state index is 11.7. The number of nitrogens with two attached hydrogens (primary N) is 1. The van der Waals surface area contributed by atoms with Crippen molar-refractivity contribution in [1.29, 1.82) is 0 Å². The van der Waals surface area contributed by atoms with Gasteiger partial charge in [-0.3, -0.25) is 9.48 Å². The molecular formula is C15H25N5O. The zero-order valence-electron chi connectivity index (χ0n) is 13.1. The molecule has 1 saturated heterocycles. The van der Waals surface area contributed by atoms with Crippen molar-refractivity contribution in [3.8, 4) is 0 Å². The van der Waals surface area contributed by atoms with Gasteiger partial charge in [-0.1, -0.05) is 0 Å². The van der Waals surface area contributed by atoms with Gasteiger partial charge in [-0.25, -0.2) is 0 Å². The molecule has 1 saturated carbocycles. The molecule has 0 radical (unpaired) electrons. The lowest BCUT2D eigenvalue weighted by Crippen LogP contribution is -2.37. The van der Waals surface area contributed by atoms with E-state index in [2.05, 4.69) is 22.2 Å². The summed E-state index contributed by atoms with van der Waals surface area (Å²) in [5, 5.41) is 8.13. The Hall–Kier alpha value is -1.56. The molecule has 2 aliphatic rings. The number of hydrogen-bond donors (Lipinski definition) is 2. The molecule has 0 spiro atoms. The lowest BCUT2D eigenvalue weighted by molar-refractivity contribution is -0.125. The first-order valence-corrected chi connectivity index (χ1v) is 7.71. The van der Waals surface area contributed by atoms with Gasteiger partial charge in [0.25, 0.3) is 0 Å².